The molecule has 0 amide bonds. The summed E-state index contributed by atoms with van der Waals surface area (Å²) >= 11 is 1.48. The number of sulfonamides is 2. The van der Waals surface area contributed by atoms with E-state index in [0.29, 0.717) is 19.0 Å². The Balaban J connectivity index is 1.78. The zero-order valence-corrected chi connectivity index (χ0v) is 17.8. The SMILES string of the molecule is C[C@H]1CCCN(S(=O)(=O)c2ccc(S(=O)(=O)N[C@@H](C)c3cccs3)cc2)C1. The minimum atomic E-state index is -3.73. The number of nitrogens with one attached hydrogen (secondary N) is 1. The Hall–Kier alpha value is -1.26. The number of hydrogen-bond acceptors (Lipinski definition) is 5. The van der Waals surface area contributed by atoms with E-state index in [1.54, 1.807) is 6.92 Å². The smallest absolute Gasteiger partial charge is 0.207 e. The van der Waals surface area contributed by atoms with Crippen LogP contribution in [0.3, 0.4) is 0 Å². The van der Waals surface area contributed by atoms with Gasteiger partial charge in [-0.05, 0) is 61.4 Å². The molecule has 9 heteroatoms. The van der Waals surface area contributed by atoms with Gasteiger partial charge in [0.1, 0.15) is 0 Å². The lowest BCUT2D eigenvalue weighted by atomic mass is 10.0. The summed E-state index contributed by atoms with van der Waals surface area (Å²) in [6.45, 7) is 4.83. The molecule has 0 bridgehead atoms. The monoisotopic (exact) mass is 428 g/mol. The van der Waals surface area contributed by atoms with Gasteiger partial charge in [0.15, 0.2) is 0 Å². The zero-order valence-electron chi connectivity index (χ0n) is 15.3. The molecule has 1 aliphatic heterocycles. The molecule has 0 unspecified atom stereocenters. The van der Waals surface area contributed by atoms with Gasteiger partial charge >= 0.3 is 0 Å². The van der Waals surface area contributed by atoms with E-state index < -0.39 is 20.0 Å². The molecule has 3 rings (SSSR count). The normalized spacial score (nSPS) is 20.4. The van der Waals surface area contributed by atoms with Gasteiger partial charge in [0.05, 0.1) is 15.8 Å². The maximum Gasteiger partial charge on any atom is 0.243 e. The summed E-state index contributed by atoms with van der Waals surface area (Å²) in [5, 5.41) is 1.89. The van der Waals surface area contributed by atoms with Crippen LogP contribution in [0.15, 0.2) is 51.6 Å². The maximum absolute atomic E-state index is 12.8. The Morgan fingerprint density at radius 1 is 1.11 bits per heavy atom. The van der Waals surface area contributed by atoms with Gasteiger partial charge in [-0.15, -0.1) is 11.3 Å². The van der Waals surface area contributed by atoms with Gasteiger partial charge in [0.2, 0.25) is 20.0 Å². The van der Waals surface area contributed by atoms with Crippen molar-refractivity contribution in [2.24, 2.45) is 5.92 Å². The average molecular weight is 429 g/mol. The second-order valence-electron chi connectivity index (χ2n) is 6.94. The van der Waals surface area contributed by atoms with Gasteiger partial charge in [0, 0.05) is 18.0 Å². The van der Waals surface area contributed by atoms with Crippen molar-refractivity contribution in [1.29, 1.82) is 0 Å². The van der Waals surface area contributed by atoms with Gasteiger partial charge in [-0.3, -0.25) is 0 Å². The number of nitrogens with zero attached hydrogens (tertiary/aromatic N) is 1. The minimum Gasteiger partial charge on any atom is -0.207 e. The highest BCUT2D eigenvalue weighted by Gasteiger charge is 2.29. The van der Waals surface area contributed by atoms with Crippen molar-refractivity contribution in [2.45, 2.75) is 42.5 Å². The highest BCUT2D eigenvalue weighted by atomic mass is 32.2. The molecule has 1 aliphatic rings. The first kappa shape index (κ1) is 20.5. The molecule has 148 valence electrons. The lowest BCUT2D eigenvalue weighted by molar-refractivity contribution is 0.281. The Morgan fingerprint density at radius 2 is 1.78 bits per heavy atom. The summed E-state index contributed by atoms with van der Waals surface area (Å²) in [5.41, 5.74) is 0. The van der Waals surface area contributed by atoms with Crippen LogP contribution in [-0.2, 0) is 20.0 Å². The molecule has 0 radical (unpaired) electrons. The minimum absolute atomic E-state index is 0.0527. The second-order valence-corrected chi connectivity index (χ2v) is 11.6. The molecule has 1 saturated heterocycles. The molecule has 1 N–H and O–H groups in total. The molecular weight excluding hydrogens is 404 g/mol. The summed E-state index contributed by atoms with van der Waals surface area (Å²) < 4.78 is 54.8. The predicted molar refractivity (Wildman–Crippen MR) is 107 cm³/mol. The summed E-state index contributed by atoms with van der Waals surface area (Å²) in [5.74, 6) is 0.330. The van der Waals surface area contributed by atoms with Crippen LogP contribution < -0.4 is 4.72 Å². The highest BCUT2D eigenvalue weighted by molar-refractivity contribution is 7.89. The van der Waals surface area contributed by atoms with Crippen LogP contribution in [0.25, 0.3) is 0 Å². The van der Waals surface area contributed by atoms with Crippen LogP contribution in [0.5, 0.6) is 0 Å². The fourth-order valence-corrected chi connectivity index (χ4v) is 6.83. The molecule has 0 spiro atoms. The standard InChI is InChI=1S/C18H24N2O4S3/c1-14-5-3-11-20(13-14)27(23,24)17-9-7-16(8-10-17)26(21,22)19-15(2)18-6-4-12-25-18/h4,6-10,12,14-15,19H,3,5,11,13H2,1-2H3/t14-,15-/m0/s1. The lowest BCUT2D eigenvalue weighted by Gasteiger charge is -2.30. The van der Waals surface area contributed by atoms with E-state index in [1.165, 1.54) is 39.9 Å². The molecule has 1 aromatic carbocycles. The summed E-state index contributed by atoms with van der Waals surface area (Å²) in [6.07, 6.45) is 1.87. The molecule has 2 heterocycles. The van der Waals surface area contributed by atoms with E-state index in [2.05, 4.69) is 4.72 Å². The van der Waals surface area contributed by atoms with Crippen LogP contribution >= 0.6 is 11.3 Å². The van der Waals surface area contributed by atoms with Crippen LogP contribution in [-0.4, -0.2) is 34.2 Å². The van der Waals surface area contributed by atoms with Crippen LogP contribution in [0.2, 0.25) is 0 Å². The summed E-state index contributed by atoms with van der Waals surface area (Å²) in [6, 6.07) is 8.83. The van der Waals surface area contributed by atoms with Gasteiger partial charge < -0.3 is 0 Å². The number of benzene rings is 1. The molecule has 0 aliphatic carbocycles. The van der Waals surface area contributed by atoms with Crippen molar-refractivity contribution < 1.29 is 16.8 Å². The first-order chi connectivity index (χ1) is 12.7. The molecule has 27 heavy (non-hydrogen) atoms. The van der Waals surface area contributed by atoms with Crippen molar-refractivity contribution in [3.8, 4) is 0 Å². The third kappa shape index (κ3) is 4.60. The zero-order chi connectivity index (χ0) is 19.7. The summed E-state index contributed by atoms with van der Waals surface area (Å²) in [7, 11) is -7.33. The largest absolute Gasteiger partial charge is 0.243 e. The fraction of sp³-hybridized carbons (Fsp3) is 0.444. The van der Waals surface area contributed by atoms with Crippen molar-refractivity contribution >= 4 is 31.4 Å². The summed E-state index contributed by atoms with van der Waals surface area (Å²) in [4.78, 5) is 1.09. The molecule has 6 nitrogen and oxygen atoms in total. The lowest BCUT2D eigenvalue weighted by Crippen LogP contribution is -2.39. The van der Waals surface area contributed by atoms with E-state index in [9.17, 15) is 16.8 Å². The van der Waals surface area contributed by atoms with E-state index in [0.717, 1.165) is 17.7 Å². The molecule has 0 saturated carbocycles. The van der Waals surface area contributed by atoms with E-state index in [-0.39, 0.29) is 15.8 Å². The third-order valence-corrected chi connectivity index (χ3v) is 9.18. The Morgan fingerprint density at radius 3 is 2.37 bits per heavy atom. The Labute approximate surface area is 165 Å². The highest BCUT2D eigenvalue weighted by Crippen LogP contribution is 2.25. The number of piperidine rings is 1. The third-order valence-electron chi connectivity index (χ3n) is 4.69. The van der Waals surface area contributed by atoms with Crippen molar-refractivity contribution in [3.05, 3.63) is 46.7 Å². The first-order valence-electron chi connectivity index (χ1n) is 8.86. The van der Waals surface area contributed by atoms with Gasteiger partial charge in [-0.25, -0.2) is 21.6 Å². The maximum atomic E-state index is 12.8. The fourth-order valence-electron chi connectivity index (χ4n) is 3.20. The predicted octanol–water partition coefficient (Wildman–Crippen LogP) is 3.21. The van der Waals surface area contributed by atoms with Gasteiger partial charge in [-0.2, -0.15) is 4.31 Å². The first-order valence-corrected chi connectivity index (χ1v) is 12.7. The topological polar surface area (TPSA) is 83.6 Å². The Bertz CT molecular complexity index is 968. The van der Waals surface area contributed by atoms with Crippen molar-refractivity contribution in [3.63, 3.8) is 0 Å². The number of thiophene rings is 1. The second kappa shape index (κ2) is 8.00. The molecule has 2 aromatic rings. The van der Waals surface area contributed by atoms with Crippen molar-refractivity contribution in [1.82, 2.24) is 9.03 Å². The average Bonchev–Trinajstić information content (AvgIpc) is 3.16. The van der Waals surface area contributed by atoms with Crippen LogP contribution in [0.4, 0.5) is 0 Å². The van der Waals surface area contributed by atoms with Crippen molar-refractivity contribution in [2.75, 3.05) is 13.1 Å². The van der Waals surface area contributed by atoms with Gasteiger partial charge in [-0.1, -0.05) is 13.0 Å². The molecular formula is C18H24N2O4S3. The Kier molecular flexibility index (Phi) is 6.07. The number of hydrogen-bond donors (Lipinski definition) is 1. The van der Waals surface area contributed by atoms with Crippen LogP contribution in [0.1, 0.15) is 37.6 Å². The molecule has 1 fully saturated rings. The molecule has 2 atom stereocenters. The van der Waals surface area contributed by atoms with E-state index in [4.69, 9.17) is 0 Å². The number of rotatable bonds is 6. The quantitative estimate of drug-likeness (QED) is 0.766. The van der Waals surface area contributed by atoms with Gasteiger partial charge in [0.25, 0.3) is 0 Å². The van der Waals surface area contributed by atoms with Crippen LogP contribution in [0, 0.1) is 5.92 Å². The molecule has 1 aromatic heterocycles. The van der Waals surface area contributed by atoms with E-state index in [1.807, 2.05) is 24.4 Å². The van der Waals surface area contributed by atoms with E-state index >= 15 is 0 Å².